The van der Waals surface area contributed by atoms with Crippen molar-refractivity contribution in [3.63, 3.8) is 0 Å². The standard InChI is InChI=1S/C18H17ClF4N2O4/c1-10-11(18(21,22)23)9-24-25(17(10)26)14-8-15(12(19)7-13(14)20)27-6-3-16-28-4-2-5-29-16/h7-9,16H,2-6H2,1H3. The van der Waals surface area contributed by atoms with Crippen LogP contribution in [0.2, 0.25) is 5.02 Å². The lowest BCUT2D eigenvalue weighted by atomic mass is 10.2. The van der Waals surface area contributed by atoms with Crippen molar-refractivity contribution in [3.05, 3.63) is 50.7 Å². The molecular weight excluding hydrogens is 420 g/mol. The van der Waals surface area contributed by atoms with Gasteiger partial charge in [0, 0.05) is 18.1 Å². The average Bonchev–Trinajstić information content (AvgIpc) is 2.66. The number of benzene rings is 1. The van der Waals surface area contributed by atoms with Crippen LogP contribution in [0.5, 0.6) is 5.75 Å². The van der Waals surface area contributed by atoms with E-state index in [2.05, 4.69) is 5.10 Å². The number of rotatable bonds is 5. The van der Waals surface area contributed by atoms with Crippen LogP contribution in [0, 0.1) is 12.7 Å². The largest absolute Gasteiger partial charge is 0.492 e. The van der Waals surface area contributed by atoms with E-state index in [1.54, 1.807) is 0 Å². The summed E-state index contributed by atoms with van der Waals surface area (Å²) in [4.78, 5) is 12.3. The highest BCUT2D eigenvalue weighted by atomic mass is 35.5. The van der Waals surface area contributed by atoms with E-state index in [0.29, 0.717) is 30.5 Å². The number of halogens is 5. The molecule has 1 aromatic carbocycles. The molecule has 0 unspecified atom stereocenters. The molecule has 1 aromatic heterocycles. The van der Waals surface area contributed by atoms with Gasteiger partial charge in [0.25, 0.3) is 5.56 Å². The van der Waals surface area contributed by atoms with Crippen molar-refractivity contribution >= 4 is 11.6 Å². The first-order chi connectivity index (χ1) is 13.7. The third-order valence-corrected chi connectivity index (χ3v) is 4.56. The third kappa shape index (κ3) is 4.88. The van der Waals surface area contributed by atoms with Crippen LogP contribution in [0.4, 0.5) is 17.6 Å². The van der Waals surface area contributed by atoms with Gasteiger partial charge in [-0.05, 0) is 19.4 Å². The zero-order valence-electron chi connectivity index (χ0n) is 15.3. The average molecular weight is 437 g/mol. The predicted molar refractivity (Wildman–Crippen MR) is 95.0 cm³/mol. The minimum Gasteiger partial charge on any atom is -0.492 e. The van der Waals surface area contributed by atoms with Gasteiger partial charge in [0.15, 0.2) is 12.1 Å². The van der Waals surface area contributed by atoms with Crippen LogP contribution in [0.1, 0.15) is 24.0 Å². The monoisotopic (exact) mass is 436 g/mol. The molecule has 0 radical (unpaired) electrons. The van der Waals surface area contributed by atoms with Gasteiger partial charge in [-0.1, -0.05) is 11.6 Å². The Bertz CT molecular complexity index is 943. The second-order valence-corrected chi connectivity index (χ2v) is 6.70. The molecule has 1 aliphatic heterocycles. The van der Waals surface area contributed by atoms with E-state index in [9.17, 15) is 22.4 Å². The zero-order chi connectivity index (χ0) is 21.2. The fraction of sp³-hybridized carbons (Fsp3) is 0.444. The maximum atomic E-state index is 14.4. The summed E-state index contributed by atoms with van der Waals surface area (Å²) < 4.78 is 70.0. The molecule has 0 saturated carbocycles. The lowest BCUT2D eigenvalue weighted by Crippen LogP contribution is -2.28. The summed E-state index contributed by atoms with van der Waals surface area (Å²) in [5, 5.41) is 3.40. The molecule has 1 aliphatic rings. The predicted octanol–water partition coefficient (Wildman–Crippen LogP) is 3.88. The van der Waals surface area contributed by atoms with Gasteiger partial charge in [0.05, 0.1) is 36.6 Å². The van der Waals surface area contributed by atoms with Gasteiger partial charge >= 0.3 is 6.18 Å². The highest BCUT2D eigenvalue weighted by Gasteiger charge is 2.34. The number of alkyl halides is 3. The van der Waals surface area contributed by atoms with Gasteiger partial charge in [-0.25, -0.2) is 4.39 Å². The minimum absolute atomic E-state index is 0.0464. The Labute approximate surface area is 167 Å². The van der Waals surface area contributed by atoms with Gasteiger partial charge in [0.2, 0.25) is 0 Å². The minimum atomic E-state index is -4.74. The first kappa shape index (κ1) is 21.5. The molecule has 0 atom stereocenters. The van der Waals surface area contributed by atoms with Gasteiger partial charge in [0.1, 0.15) is 11.4 Å². The van der Waals surface area contributed by atoms with Crippen molar-refractivity contribution in [3.8, 4) is 11.4 Å². The van der Waals surface area contributed by atoms with Gasteiger partial charge in [-0.2, -0.15) is 23.0 Å². The van der Waals surface area contributed by atoms with Crippen molar-refractivity contribution in [1.82, 2.24) is 9.78 Å². The lowest BCUT2D eigenvalue weighted by molar-refractivity contribution is -0.183. The number of nitrogens with zero attached hydrogens (tertiary/aromatic N) is 2. The Kier molecular flexibility index (Phi) is 6.45. The molecule has 3 rings (SSSR count). The fourth-order valence-corrected chi connectivity index (χ4v) is 2.96. The van der Waals surface area contributed by atoms with Crippen molar-refractivity contribution in [2.75, 3.05) is 19.8 Å². The second kappa shape index (κ2) is 8.68. The van der Waals surface area contributed by atoms with Crippen molar-refractivity contribution in [2.45, 2.75) is 32.2 Å². The smallest absolute Gasteiger partial charge is 0.418 e. The lowest BCUT2D eigenvalue weighted by Gasteiger charge is -2.23. The van der Waals surface area contributed by atoms with E-state index in [1.807, 2.05) is 0 Å². The summed E-state index contributed by atoms with van der Waals surface area (Å²) >= 11 is 5.98. The van der Waals surface area contributed by atoms with E-state index in [-0.39, 0.29) is 23.1 Å². The number of hydrogen-bond acceptors (Lipinski definition) is 5. The Morgan fingerprint density at radius 3 is 2.66 bits per heavy atom. The quantitative estimate of drug-likeness (QED) is 0.666. The molecular formula is C18H17ClF4N2O4. The molecule has 29 heavy (non-hydrogen) atoms. The Hall–Kier alpha value is -2.17. The summed E-state index contributed by atoms with van der Waals surface area (Å²) in [6.07, 6.45) is -3.50. The van der Waals surface area contributed by atoms with Crippen LogP contribution in [-0.2, 0) is 15.7 Å². The Morgan fingerprint density at radius 1 is 1.31 bits per heavy atom. The van der Waals surface area contributed by atoms with Gasteiger partial charge in [-0.15, -0.1) is 0 Å². The molecule has 158 valence electrons. The zero-order valence-corrected chi connectivity index (χ0v) is 16.0. The van der Waals surface area contributed by atoms with E-state index < -0.39 is 35.0 Å². The van der Waals surface area contributed by atoms with Crippen molar-refractivity contribution in [2.24, 2.45) is 0 Å². The maximum Gasteiger partial charge on any atom is 0.418 e. The Balaban J connectivity index is 1.85. The summed E-state index contributed by atoms with van der Waals surface area (Å²) in [7, 11) is 0. The normalized spacial score (nSPS) is 15.5. The first-order valence-corrected chi connectivity index (χ1v) is 9.08. The van der Waals surface area contributed by atoms with E-state index in [1.165, 1.54) is 0 Å². The highest BCUT2D eigenvalue weighted by Crippen LogP contribution is 2.32. The number of ether oxygens (including phenoxy) is 3. The molecule has 1 fully saturated rings. The van der Waals surface area contributed by atoms with E-state index in [0.717, 1.165) is 25.5 Å². The molecule has 2 heterocycles. The van der Waals surface area contributed by atoms with Crippen LogP contribution in [0.15, 0.2) is 23.1 Å². The summed E-state index contributed by atoms with van der Waals surface area (Å²) in [6.45, 7) is 2.28. The molecule has 2 aromatic rings. The van der Waals surface area contributed by atoms with Crippen LogP contribution in [0.3, 0.4) is 0 Å². The molecule has 0 bridgehead atoms. The summed E-state index contributed by atoms with van der Waals surface area (Å²) in [5.41, 5.74) is -3.26. The number of aromatic nitrogens is 2. The van der Waals surface area contributed by atoms with Crippen LogP contribution in [-0.4, -0.2) is 35.9 Å². The van der Waals surface area contributed by atoms with Crippen molar-refractivity contribution in [1.29, 1.82) is 0 Å². The van der Waals surface area contributed by atoms with Crippen molar-refractivity contribution < 1.29 is 31.8 Å². The molecule has 11 heteroatoms. The summed E-state index contributed by atoms with van der Waals surface area (Å²) in [5.74, 6) is -0.889. The van der Waals surface area contributed by atoms with E-state index in [4.69, 9.17) is 25.8 Å². The number of hydrogen-bond donors (Lipinski definition) is 0. The molecule has 0 aliphatic carbocycles. The topological polar surface area (TPSA) is 62.6 Å². The van der Waals surface area contributed by atoms with E-state index >= 15 is 0 Å². The highest BCUT2D eigenvalue weighted by molar-refractivity contribution is 6.32. The molecule has 0 N–H and O–H groups in total. The molecule has 6 nitrogen and oxygen atoms in total. The molecule has 0 amide bonds. The second-order valence-electron chi connectivity index (χ2n) is 6.29. The van der Waals surface area contributed by atoms with Crippen LogP contribution in [0.25, 0.3) is 5.69 Å². The fourth-order valence-electron chi connectivity index (χ4n) is 2.76. The molecule has 1 saturated heterocycles. The third-order valence-electron chi connectivity index (χ3n) is 4.26. The Morgan fingerprint density at radius 2 is 2.00 bits per heavy atom. The van der Waals surface area contributed by atoms with Crippen LogP contribution < -0.4 is 10.3 Å². The molecule has 0 spiro atoms. The summed E-state index contributed by atoms with van der Waals surface area (Å²) in [6, 6.07) is 2.02. The van der Waals surface area contributed by atoms with Gasteiger partial charge in [-0.3, -0.25) is 4.79 Å². The van der Waals surface area contributed by atoms with Gasteiger partial charge < -0.3 is 14.2 Å². The first-order valence-electron chi connectivity index (χ1n) is 8.70. The van der Waals surface area contributed by atoms with Crippen LogP contribution >= 0.6 is 11.6 Å². The SMILES string of the molecule is Cc1c(C(F)(F)F)cnn(-c2cc(OCCC3OCCCO3)c(Cl)cc2F)c1=O. The maximum absolute atomic E-state index is 14.4.